The van der Waals surface area contributed by atoms with E-state index in [1.807, 2.05) is 0 Å². The molecule has 3 N–H and O–H groups in total. The Morgan fingerprint density at radius 3 is 2.34 bits per heavy atom. The van der Waals surface area contributed by atoms with E-state index in [1.165, 1.54) is 0 Å². The maximum absolute atomic E-state index is 13.4. The molecule has 32 heavy (non-hydrogen) atoms. The van der Waals surface area contributed by atoms with Crippen molar-refractivity contribution in [2.24, 2.45) is 0 Å². The van der Waals surface area contributed by atoms with Gasteiger partial charge >= 0.3 is 16.3 Å². The second-order valence-electron chi connectivity index (χ2n) is 8.16. The van der Waals surface area contributed by atoms with Crippen LogP contribution in [-0.2, 0) is 11.2 Å². The number of anilines is 1. The third-order valence-electron chi connectivity index (χ3n) is 5.89. The summed E-state index contributed by atoms with van der Waals surface area (Å²) in [7, 11) is -9.93. The fourth-order valence-corrected chi connectivity index (χ4v) is 4.94. The molecular weight excluding hydrogens is 455 g/mol. The highest BCUT2D eigenvalue weighted by molar-refractivity contribution is 8.45. The Kier molecular flexibility index (Phi) is 5.22. The van der Waals surface area contributed by atoms with Crippen LogP contribution in [0.5, 0.6) is 0 Å². The molecule has 0 spiro atoms. The van der Waals surface area contributed by atoms with Crippen molar-refractivity contribution in [2.45, 2.75) is 42.2 Å². The summed E-state index contributed by atoms with van der Waals surface area (Å²) in [5.74, 6) is -0.243. The zero-order valence-electron chi connectivity index (χ0n) is 16.9. The predicted octanol–water partition coefficient (Wildman–Crippen LogP) is 6.02. The van der Waals surface area contributed by atoms with Crippen LogP contribution in [0.1, 0.15) is 41.6 Å². The number of rotatable bonds is 4. The number of ether oxygens (including phenoxy) is 1. The topological polar surface area (TPSA) is 70.6 Å². The van der Waals surface area contributed by atoms with Gasteiger partial charge in [-0.2, -0.15) is 0 Å². The molecule has 1 saturated heterocycles. The Bertz CT molecular complexity index is 1040. The van der Waals surface area contributed by atoms with E-state index in [4.69, 9.17) is 4.74 Å². The fraction of sp³-hybridized carbons (Fsp3) is 0.381. The van der Waals surface area contributed by atoms with E-state index in [0.29, 0.717) is 55.7 Å². The second-order valence-corrected chi connectivity index (χ2v) is 10.6. The van der Waals surface area contributed by atoms with Gasteiger partial charge in [0.05, 0.1) is 12.1 Å². The van der Waals surface area contributed by atoms with Crippen LogP contribution in [0.3, 0.4) is 0 Å². The summed E-state index contributed by atoms with van der Waals surface area (Å²) in [6, 6.07) is 7.15. The van der Waals surface area contributed by atoms with Gasteiger partial charge in [-0.25, -0.2) is 4.79 Å². The number of nitrogens with one attached hydrogen (secondary N) is 2. The van der Waals surface area contributed by atoms with E-state index < -0.39 is 33.3 Å². The summed E-state index contributed by atoms with van der Waals surface area (Å²) < 4.78 is 72.2. The number of hydrogen-bond donors (Lipinski definition) is 3. The average molecular weight is 478 g/mol. The maximum atomic E-state index is 13.4. The van der Waals surface area contributed by atoms with E-state index in [9.17, 15) is 29.3 Å². The summed E-state index contributed by atoms with van der Waals surface area (Å²) in [6.07, 6.45) is 0.331. The first kappa shape index (κ1) is 22.8. The van der Waals surface area contributed by atoms with Crippen LogP contribution in [0, 0.1) is 0 Å². The number of carbonyl (C=O) groups is 1. The molecule has 0 saturated carbocycles. The molecule has 2 aromatic carbocycles. The standard InChI is InChI=1S/C21H23F5N2O3S/c22-32(23,24,25,26)15-5-6-16(13-7-9-31-10-8-13)18(12-15)27-21(30)28-19-11-14-3-1-2-4-17(14)20(19)29/h1-6,12-13,19-20,29H,7-11H2,(H2,27,28,30)/t19-,20+/m1/s1. The van der Waals surface area contributed by atoms with E-state index >= 15 is 0 Å². The Morgan fingerprint density at radius 1 is 1.00 bits per heavy atom. The van der Waals surface area contributed by atoms with E-state index in [1.54, 1.807) is 24.3 Å². The van der Waals surface area contributed by atoms with Crippen LogP contribution in [0.15, 0.2) is 47.4 Å². The first-order chi connectivity index (χ1) is 14.8. The molecule has 0 radical (unpaired) electrons. The average Bonchev–Trinajstić information content (AvgIpc) is 3.02. The van der Waals surface area contributed by atoms with Crippen molar-refractivity contribution in [1.29, 1.82) is 0 Å². The summed E-state index contributed by atoms with van der Waals surface area (Å²) >= 11 is 0. The highest BCUT2D eigenvalue weighted by Gasteiger charge is 2.65. The third-order valence-corrected chi connectivity index (χ3v) is 7.04. The summed E-state index contributed by atoms with van der Waals surface area (Å²) in [4.78, 5) is 10.5. The summed E-state index contributed by atoms with van der Waals surface area (Å²) in [6.45, 7) is 0.762. The van der Waals surface area contributed by atoms with Crippen molar-refractivity contribution in [3.63, 3.8) is 0 Å². The highest BCUT2D eigenvalue weighted by Crippen LogP contribution is 3.02. The van der Waals surface area contributed by atoms with Gasteiger partial charge in [0, 0.05) is 18.9 Å². The molecular formula is C21H23F5N2O3S. The summed E-state index contributed by atoms with van der Waals surface area (Å²) in [5, 5.41) is 15.3. The maximum Gasteiger partial charge on any atom is 0.319 e. The highest BCUT2D eigenvalue weighted by atomic mass is 32.5. The molecule has 11 heteroatoms. The monoisotopic (exact) mass is 478 g/mol. The van der Waals surface area contributed by atoms with E-state index in [2.05, 4.69) is 10.6 Å². The van der Waals surface area contributed by atoms with Crippen molar-refractivity contribution in [1.82, 2.24) is 5.32 Å². The van der Waals surface area contributed by atoms with Gasteiger partial charge in [-0.05, 0) is 54.0 Å². The molecule has 0 bridgehead atoms. The van der Waals surface area contributed by atoms with Gasteiger partial charge in [-0.3, -0.25) is 0 Å². The first-order valence-corrected chi connectivity index (χ1v) is 12.1. The molecule has 176 valence electrons. The number of benzene rings is 2. The normalized spacial score (nSPS) is 23.7. The van der Waals surface area contributed by atoms with Crippen LogP contribution in [0.2, 0.25) is 0 Å². The van der Waals surface area contributed by atoms with Crippen molar-refractivity contribution < 1.29 is 34.1 Å². The lowest BCUT2D eigenvalue weighted by molar-refractivity contribution is 0.0854. The zero-order chi connectivity index (χ0) is 23.2. The Labute approximate surface area is 181 Å². The molecule has 1 aliphatic carbocycles. The number of carbonyl (C=O) groups excluding carboxylic acids is 1. The first-order valence-electron chi connectivity index (χ1n) is 10.1. The molecule has 2 atom stereocenters. The number of halogens is 5. The minimum absolute atomic E-state index is 0.243. The lowest BCUT2D eigenvalue weighted by Gasteiger charge is -2.41. The van der Waals surface area contributed by atoms with Crippen LogP contribution in [0.25, 0.3) is 0 Å². The molecule has 4 rings (SSSR count). The third kappa shape index (κ3) is 4.84. The summed E-state index contributed by atoms with van der Waals surface area (Å²) in [5.41, 5.74) is 1.51. The van der Waals surface area contributed by atoms with Crippen molar-refractivity contribution >= 4 is 21.9 Å². The van der Waals surface area contributed by atoms with Gasteiger partial charge < -0.3 is 20.5 Å². The Hall–Kier alpha value is -2.37. The van der Waals surface area contributed by atoms with Crippen LogP contribution in [-0.4, -0.2) is 30.4 Å². The van der Waals surface area contributed by atoms with Crippen LogP contribution >= 0.6 is 10.2 Å². The molecule has 2 aromatic rings. The number of aliphatic hydroxyl groups is 1. The van der Waals surface area contributed by atoms with Gasteiger partial charge in [0.15, 0.2) is 0 Å². The van der Waals surface area contributed by atoms with Gasteiger partial charge in [-0.15, -0.1) is 0 Å². The Balaban J connectivity index is 1.59. The molecule has 1 aliphatic heterocycles. The van der Waals surface area contributed by atoms with Crippen molar-refractivity contribution in [3.05, 3.63) is 59.2 Å². The number of fused-ring (bicyclic) bond motifs is 1. The van der Waals surface area contributed by atoms with Crippen LogP contribution in [0.4, 0.5) is 29.9 Å². The lowest BCUT2D eigenvalue weighted by atomic mass is 9.90. The zero-order valence-corrected chi connectivity index (χ0v) is 17.7. The molecule has 2 amide bonds. The fourth-order valence-electron chi connectivity index (χ4n) is 4.28. The largest absolute Gasteiger partial charge is 0.386 e. The van der Waals surface area contributed by atoms with Crippen LogP contribution < -0.4 is 10.6 Å². The quantitative estimate of drug-likeness (QED) is 0.471. The minimum Gasteiger partial charge on any atom is -0.386 e. The lowest BCUT2D eigenvalue weighted by Crippen LogP contribution is -2.40. The van der Waals surface area contributed by atoms with Gasteiger partial charge in [-0.1, -0.05) is 49.8 Å². The molecule has 1 fully saturated rings. The van der Waals surface area contributed by atoms with E-state index in [0.717, 1.165) is 11.6 Å². The van der Waals surface area contributed by atoms with Gasteiger partial charge in [0.2, 0.25) is 0 Å². The van der Waals surface area contributed by atoms with E-state index in [-0.39, 0.29) is 11.6 Å². The SMILES string of the molecule is O=C(Nc1cc(S(F)(F)(F)(F)F)ccc1C1CCOCC1)N[C@@H]1Cc2ccccc2[C@@H]1O. The second kappa shape index (κ2) is 7.32. The molecule has 1 heterocycles. The molecule has 0 aromatic heterocycles. The van der Waals surface area contributed by atoms with Gasteiger partial charge in [0.25, 0.3) is 0 Å². The molecule has 5 nitrogen and oxygen atoms in total. The smallest absolute Gasteiger partial charge is 0.319 e. The number of aliphatic hydroxyl groups excluding tert-OH is 1. The Morgan fingerprint density at radius 2 is 1.69 bits per heavy atom. The minimum atomic E-state index is -9.93. The van der Waals surface area contributed by atoms with Crippen molar-refractivity contribution in [3.8, 4) is 0 Å². The molecule has 0 unspecified atom stereocenters. The number of amides is 2. The molecule has 2 aliphatic rings. The van der Waals surface area contributed by atoms with Crippen molar-refractivity contribution in [2.75, 3.05) is 18.5 Å². The number of hydrogen-bond acceptors (Lipinski definition) is 3. The van der Waals surface area contributed by atoms with Gasteiger partial charge in [0.1, 0.15) is 4.90 Å². The number of urea groups is 1. The predicted molar refractivity (Wildman–Crippen MR) is 112 cm³/mol.